The monoisotopic (exact) mass is 600 g/mol. The SMILES string of the molecule is CC1(C)c2ccccc2-c2ccc3c(c21)c1ccccc1n3-c1ccc(-c2ccc(-n3c4ccccc4c4ccccc43)cc2)cc1. The maximum absolute atomic E-state index is 2.44. The summed E-state index contributed by atoms with van der Waals surface area (Å²) in [7, 11) is 0. The Balaban J connectivity index is 1.07. The van der Waals surface area contributed by atoms with E-state index in [1.54, 1.807) is 0 Å². The van der Waals surface area contributed by atoms with E-state index < -0.39 is 0 Å². The first-order chi connectivity index (χ1) is 23.1. The van der Waals surface area contributed by atoms with Gasteiger partial charge in [-0.15, -0.1) is 0 Å². The number of aromatic nitrogens is 2. The van der Waals surface area contributed by atoms with Gasteiger partial charge in [0.1, 0.15) is 0 Å². The van der Waals surface area contributed by atoms with Gasteiger partial charge in [-0.2, -0.15) is 0 Å². The van der Waals surface area contributed by atoms with Crippen molar-refractivity contribution in [2.24, 2.45) is 0 Å². The molecule has 1 aliphatic rings. The van der Waals surface area contributed by atoms with E-state index in [1.807, 2.05) is 0 Å². The Bertz CT molecular complexity index is 2630. The molecule has 2 heteroatoms. The molecule has 0 N–H and O–H groups in total. The number of para-hydroxylation sites is 3. The summed E-state index contributed by atoms with van der Waals surface area (Å²) in [4.78, 5) is 0. The van der Waals surface area contributed by atoms with Crippen LogP contribution in [0.1, 0.15) is 25.0 Å². The Hall–Kier alpha value is -5.86. The van der Waals surface area contributed by atoms with Crippen LogP contribution in [-0.2, 0) is 5.41 Å². The van der Waals surface area contributed by atoms with Gasteiger partial charge >= 0.3 is 0 Å². The van der Waals surface area contributed by atoms with E-state index in [-0.39, 0.29) is 5.41 Å². The highest BCUT2D eigenvalue weighted by Crippen LogP contribution is 2.53. The van der Waals surface area contributed by atoms with Crippen molar-refractivity contribution in [3.8, 4) is 33.6 Å². The average Bonchev–Trinajstić information content (AvgIpc) is 3.72. The number of fused-ring (bicyclic) bond motifs is 10. The average molecular weight is 601 g/mol. The lowest BCUT2D eigenvalue weighted by Crippen LogP contribution is -2.15. The standard InChI is InChI=1S/C45H32N2/c1-45(2)38-15-7-3-11-33(38)36-27-28-42-43(44(36)45)37-14-6-10-18-41(37)47(42)32-25-21-30(22-26-32)29-19-23-31(24-20-29)46-39-16-8-4-12-34(39)35-13-5-9-17-40(35)46/h3-28H,1-2H3. The van der Waals surface area contributed by atoms with E-state index in [9.17, 15) is 0 Å². The van der Waals surface area contributed by atoms with E-state index in [0.717, 1.165) is 0 Å². The Labute approximate surface area is 273 Å². The molecular weight excluding hydrogens is 569 g/mol. The second kappa shape index (κ2) is 9.57. The van der Waals surface area contributed by atoms with Gasteiger partial charge in [0.2, 0.25) is 0 Å². The fourth-order valence-electron chi connectivity index (χ4n) is 8.42. The maximum Gasteiger partial charge on any atom is 0.0544 e. The van der Waals surface area contributed by atoms with Gasteiger partial charge in [0, 0.05) is 38.3 Å². The van der Waals surface area contributed by atoms with Gasteiger partial charge in [0.05, 0.1) is 22.1 Å². The molecule has 0 aliphatic heterocycles. The van der Waals surface area contributed by atoms with E-state index in [2.05, 4.69) is 181 Å². The van der Waals surface area contributed by atoms with E-state index in [1.165, 1.54) is 88.4 Å². The highest BCUT2D eigenvalue weighted by Gasteiger charge is 2.37. The van der Waals surface area contributed by atoms with Crippen LogP contribution in [0.2, 0.25) is 0 Å². The third kappa shape index (κ3) is 3.61. The van der Waals surface area contributed by atoms with Crippen LogP contribution in [-0.4, -0.2) is 9.13 Å². The second-order valence-electron chi connectivity index (χ2n) is 13.4. The van der Waals surface area contributed by atoms with Crippen molar-refractivity contribution in [2.45, 2.75) is 19.3 Å². The van der Waals surface area contributed by atoms with Crippen LogP contribution in [0.25, 0.3) is 77.2 Å². The van der Waals surface area contributed by atoms with Gasteiger partial charge in [-0.25, -0.2) is 0 Å². The summed E-state index contributed by atoms with van der Waals surface area (Å²) >= 11 is 0. The molecule has 1 aliphatic carbocycles. The predicted octanol–water partition coefficient (Wildman–Crippen LogP) is 11.9. The molecule has 0 saturated heterocycles. The summed E-state index contributed by atoms with van der Waals surface area (Å²) in [6, 6.07) is 57.9. The molecule has 0 saturated carbocycles. The topological polar surface area (TPSA) is 9.86 Å². The molecule has 222 valence electrons. The Morgan fingerprint density at radius 3 is 1.45 bits per heavy atom. The number of hydrogen-bond donors (Lipinski definition) is 0. The van der Waals surface area contributed by atoms with Crippen LogP contribution in [0.3, 0.4) is 0 Å². The third-order valence-corrected chi connectivity index (χ3v) is 10.5. The molecule has 0 atom stereocenters. The van der Waals surface area contributed by atoms with Crippen molar-refractivity contribution >= 4 is 43.6 Å². The van der Waals surface area contributed by atoms with Crippen LogP contribution in [0.4, 0.5) is 0 Å². The molecule has 47 heavy (non-hydrogen) atoms. The predicted molar refractivity (Wildman–Crippen MR) is 198 cm³/mol. The van der Waals surface area contributed by atoms with Gasteiger partial charge in [0.15, 0.2) is 0 Å². The van der Waals surface area contributed by atoms with E-state index >= 15 is 0 Å². The number of benzene rings is 7. The lowest BCUT2D eigenvalue weighted by Gasteiger charge is -2.22. The largest absolute Gasteiger partial charge is 0.309 e. The Kier molecular flexibility index (Phi) is 5.37. The molecule has 0 radical (unpaired) electrons. The summed E-state index contributed by atoms with van der Waals surface area (Å²) in [5.74, 6) is 0. The van der Waals surface area contributed by atoms with Crippen LogP contribution in [0.5, 0.6) is 0 Å². The second-order valence-corrected chi connectivity index (χ2v) is 13.4. The number of nitrogens with zero attached hydrogens (tertiary/aromatic N) is 2. The maximum atomic E-state index is 2.44. The first-order valence-corrected chi connectivity index (χ1v) is 16.5. The Morgan fingerprint density at radius 2 is 0.851 bits per heavy atom. The fourth-order valence-corrected chi connectivity index (χ4v) is 8.42. The molecule has 0 unspecified atom stereocenters. The summed E-state index contributed by atoms with van der Waals surface area (Å²) in [5, 5.41) is 5.24. The lowest BCUT2D eigenvalue weighted by atomic mass is 9.80. The molecule has 0 fully saturated rings. The highest BCUT2D eigenvalue weighted by atomic mass is 15.0. The smallest absolute Gasteiger partial charge is 0.0544 e. The first-order valence-electron chi connectivity index (χ1n) is 16.5. The lowest BCUT2D eigenvalue weighted by molar-refractivity contribution is 0.666. The quantitative estimate of drug-likeness (QED) is 0.191. The van der Waals surface area contributed by atoms with Crippen molar-refractivity contribution in [3.63, 3.8) is 0 Å². The van der Waals surface area contributed by atoms with Gasteiger partial charge in [0.25, 0.3) is 0 Å². The molecule has 2 heterocycles. The van der Waals surface area contributed by atoms with Crippen LogP contribution < -0.4 is 0 Å². The van der Waals surface area contributed by atoms with Crippen molar-refractivity contribution in [1.29, 1.82) is 0 Å². The summed E-state index contributed by atoms with van der Waals surface area (Å²) < 4.78 is 4.81. The number of rotatable bonds is 3. The minimum Gasteiger partial charge on any atom is -0.309 e. The zero-order valence-electron chi connectivity index (χ0n) is 26.4. The molecule has 7 aromatic carbocycles. The summed E-state index contributed by atoms with van der Waals surface area (Å²) in [6.45, 7) is 4.76. The number of hydrogen-bond acceptors (Lipinski definition) is 0. The van der Waals surface area contributed by atoms with Crippen molar-refractivity contribution in [2.75, 3.05) is 0 Å². The zero-order chi connectivity index (χ0) is 31.3. The van der Waals surface area contributed by atoms with Crippen molar-refractivity contribution in [1.82, 2.24) is 9.13 Å². The Morgan fingerprint density at radius 1 is 0.383 bits per heavy atom. The minimum absolute atomic E-state index is 0.0738. The minimum atomic E-state index is -0.0738. The van der Waals surface area contributed by atoms with Crippen LogP contribution in [0.15, 0.2) is 158 Å². The van der Waals surface area contributed by atoms with E-state index in [0.29, 0.717) is 0 Å². The van der Waals surface area contributed by atoms with Gasteiger partial charge < -0.3 is 9.13 Å². The molecular formula is C45H32N2. The first kappa shape index (κ1) is 26.4. The van der Waals surface area contributed by atoms with Gasteiger partial charge in [-0.05, 0) is 81.9 Å². The molecule has 0 spiro atoms. The van der Waals surface area contributed by atoms with Gasteiger partial charge in [-0.3, -0.25) is 0 Å². The molecule has 2 nitrogen and oxygen atoms in total. The molecule has 0 bridgehead atoms. The molecule has 10 rings (SSSR count). The van der Waals surface area contributed by atoms with Gasteiger partial charge in [-0.1, -0.05) is 123 Å². The third-order valence-electron chi connectivity index (χ3n) is 10.5. The van der Waals surface area contributed by atoms with Crippen molar-refractivity contribution < 1.29 is 0 Å². The fraction of sp³-hybridized carbons (Fsp3) is 0.0667. The summed E-state index contributed by atoms with van der Waals surface area (Å²) in [6.07, 6.45) is 0. The molecule has 2 aromatic heterocycles. The van der Waals surface area contributed by atoms with Crippen molar-refractivity contribution in [3.05, 3.63) is 169 Å². The molecule has 9 aromatic rings. The highest BCUT2D eigenvalue weighted by molar-refractivity contribution is 6.14. The zero-order valence-corrected chi connectivity index (χ0v) is 26.4. The normalized spacial score (nSPS) is 13.5. The van der Waals surface area contributed by atoms with E-state index in [4.69, 9.17) is 0 Å². The summed E-state index contributed by atoms with van der Waals surface area (Å²) in [5.41, 5.74) is 15.2. The van der Waals surface area contributed by atoms with Crippen LogP contribution in [0, 0.1) is 0 Å². The van der Waals surface area contributed by atoms with Crippen LogP contribution >= 0.6 is 0 Å². The molecule has 0 amide bonds.